The lowest BCUT2D eigenvalue weighted by Gasteiger charge is -2.05. The van der Waals surface area contributed by atoms with Gasteiger partial charge in [0, 0.05) is 11.3 Å². The van der Waals surface area contributed by atoms with Crippen LogP contribution < -0.4 is 5.32 Å². The van der Waals surface area contributed by atoms with Gasteiger partial charge in [0.2, 0.25) is 11.8 Å². The molecule has 27 heavy (non-hydrogen) atoms. The van der Waals surface area contributed by atoms with E-state index in [2.05, 4.69) is 15.5 Å². The van der Waals surface area contributed by atoms with Gasteiger partial charge in [0.25, 0.3) is 5.89 Å². The highest BCUT2D eigenvalue weighted by Gasteiger charge is 2.12. The molecule has 134 valence electrons. The van der Waals surface area contributed by atoms with Crippen LogP contribution >= 0.6 is 0 Å². The highest BCUT2D eigenvalue weighted by Crippen LogP contribution is 2.17. The maximum atomic E-state index is 12.1. The Balaban J connectivity index is 1.56. The summed E-state index contributed by atoms with van der Waals surface area (Å²) in [4.78, 5) is 23.4. The molecule has 1 N–H and O–H groups in total. The van der Waals surface area contributed by atoms with Crippen molar-refractivity contribution in [2.75, 3.05) is 5.32 Å². The fourth-order valence-electron chi connectivity index (χ4n) is 2.19. The summed E-state index contributed by atoms with van der Waals surface area (Å²) >= 11 is 0. The Kier molecular flexibility index (Phi) is 5.54. The average molecular weight is 362 g/mol. The zero-order valence-corrected chi connectivity index (χ0v) is 14.1. The van der Waals surface area contributed by atoms with Crippen molar-refractivity contribution in [2.45, 2.75) is 13.0 Å². The van der Waals surface area contributed by atoms with Crippen molar-refractivity contribution in [1.29, 1.82) is 5.26 Å². The summed E-state index contributed by atoms with van der Waals surface area (Å²) in [5.74, 6) is -0.454. The molecule has 0 aliphatic carbocycles. The number of carbonyl (C=O) groups is 2. The van der Waals surface area contributed by atoms with E-state index in [1.54, 1.807) is 18.2 Å². The van der Waals surface area contributed by atoms with E-state index in [4.69, 9.17) is 14.4 Å². The molecule has 0 unspecified atom stereocenters. The van der Waals surface area contributed by atoms with E-state index in [0.29, 0.717) is 17.1 Å². The first kappa shape index (κ1) is 17.8. The summed E-state index contributed by atoms with van der Waals surface area (Å²) in [6.07, 6.45) is -0.237. The molecule has 0 aliphatic heterocycles. The maximum absolute atomic E-state index is 12.1. The Labute approximate surface area is 154 Å². The number of amides is 1. The maximum Gasteiger partial charge on any atom is 0.338 e. The van der Waals surface area contributed by atoms with Crippen molar-refractivity contribution in [3.05, 3.63) is 66.1 Å². The molecule has 8 heteroatoms. The zero-order chi connectivity index (χ0) is 19.1. The SMILES string of the molecule is N#CCC(=O)Nc1ccc(C(=O)OCc2nnc(-c3ccccc3)o2)cc1. The number of esters is 1. The van der Waals surface area contributed by atoms with Crippen molar-refractivity contribution in [2.24, 2.45) is 0 Å². The van der Waals surface area contributed by atoms with Crippen LogP contribution in [0.3, 0.4) is 0 Å². The third kappa shape index (κ3) is 4.76. The minimum atomic E-state index is -0.565. The van der Waals surface area contributed by atoms with E-state index in [0.717, 1.165) is 5.56 Å². The van der Waals surface area contributed by atoms with Crippen molar-refractivity contribution >= 4 is 17.6 Å². The average Bonchev–Trinajstić information content (AvgIpc) is 3.17. The Morgan fingerprint density at radius 2 is 1.81 bits per heavy atom. The summed E-state index contributed by atoms with van der Waals surface area (Å²) in [6.45, 7) is -0.153. The van der Waals surface area contributed by atoms with E-state index < -0.39 is 11.9 Å². The Morgan fingerprint density at radius 3 is 2.52 bits per heavy atom. The van der Waals surface area contributed by atoms with Gasteiger partial charge in [-0.25, -0.2) is 4.79 Å². The van der Waals surface area contributed by atoms with Crippen LogP contribution in [0.1, 0.15) is 22.7 Å². The van der Waals surface area contributed by atoms with Gasteiger partial charge in [-0.1, -0.05) is 18.2 Å². The topological polar surface area (TPSA) is 118 Å². The highest BCUT2D eigenvalue weighted by molar-refractivity contribution is 5.93. The van der Waals surface area contributed by atoms with Crippen molar-refractivity contribution in [1.82, 2.24) is 10.2 Å². The molecule has 0 fully saturated rings. The minimum Gasteiger partial charge on any atom is -0.452 e. The quantitative estimate of drug-likeness (QED) is 0.670. The molecule has 8 nitrogen and oxygen atoms in total. The zero-order valence-electron chi connectivity index (χ0n) is 14.1. The smallest absolute Gasteiger partial charge is 0.338 e. The van der Waals surface area contributed by atoms with Crippen LogP contribution in [0.4, 0.5) is 5.69 Å². The number of carbonyl (C=O) groups excluding carboxylic acids is 2. The molecular weight excluding hydrogens is 348 g/mol. The van der Waals surface area contributed by atoms with E-state index in [1.165, 1.54) is 12.1 Å². The minimum absolute atomic E-state index is 0.153. The van der Waals surface area contributed by atoms with Gasteiger partial charge in [-0.2, -0.15) is 5.26 Å². The normalized spacial score (nSPS) is 10.0. The van der Waals surface area contributed by atoms with Crippen molar-refractivity contribution < 1.29 is 18.7 Å². The molecule has 0 radical (unpaired) electrons. The molecule has 1 aromatic heterocycles. The lowest BCUT2D eigenvalue weighted by Crippen LogP contribution is -2.10. The first-order valence-corrected chi connectivity index (χ1v) is 7.97. The van der Waals surface area contributed by atoms with E-state index >= 15 is 0 Å². The molecule has 0 saturated carbocycles. The van der Waals surface area contributed by atoms with Gasteiger partial charge in [-0.15, -0.1) is 10.2 Å². The van der Waals surface area contributed by atoms with Gasteiger partial charge in [-0.05, 0) is 36.4 Å². The number of hydrogen-bond donors (Lipinski definition) is 1. The number of nitrogens with one attached hydrogen (secondary N) is 1. The van der Waals surface area contributed by atoms with Crippen LogP contribution in [0.25, 0.3) is 11.5 Å². The summed E-state index contributed by atoms with van der Waals surface area (Å²) < 4.78 is 10.6. The molecular formula is C19H14N4O4. The van der Waals surface area contributed by atoms with Gasteiger partial charge >= 0.3 is 5.97 Å². The summed E-state index contributed by atoms with van der Waals surface area (Å²) in [7, 11) is 0. The monoisotopic (exact) mass is 362 g/mol. The molecule has 3 rings (SSSR count). The molecule has 3 aromatic rings. The lowest BCUT2D eigenvalue weighted by atomic mass is 10.2. The molecule has 2 aromatic carbocycles. The molecule has 1 heterocycles. The van der Waals surface area contributed by atoms with Gasteiger partial charge in [0.05, 0.1) is 11.6 Å². The van der Waals surface area contributed by atoms with Crippen LogP contribution in [-0.2, 0) is 16.1 Å². The van der Waals surface area contributed by atoms with Gasteiger partial charge in [-0.3, -0.25) is 4.79 Å². The largest absolute Gasteiger partial charge is 0.452 e. The number of hydrogen-bond acceptors (Lipinski definition) is 7. The Hall–Kier alpha value is -3.99. The third-order valence-corrected chi connectivity index (χ3v) is 3.46. The van der Waals surface area contributed by atoms with Crippen molar-refractivity contribution in [3.63, 3.8) is 0 Å². The predicted molar refractivity (Wildman–Crippen MR) is 94.2 cm³/mol. The fourth-order valence-corrected chi connectivity index (χ4v) is 2.19. The molecule has 0 atom stereocenters. The molecule has 0 bridgehead atoms. The third-order valence-electron chi connectivity index (χ3n) is 3.46. The second kappa shape index (κ2) is 8.40. The first-order valence-electron chi connectivity index (χ1n) is 7.97. The predicted octanol–water partition coefficient (Wildman–Crippen LogP) is 2.95. The number of aromatic nitrogens is 2. The lowest BCUT2D eigenvalue weighted by molar-refractivity contribution is -0.115. The number of benzene rings is 2. The summed E-state index contributed by atoms with van der Waals surface area (Å²) in [5, 5.41) is 18.8. The van der Waals surface area contributed by atoms with Crippen LogP contribution in [0.15, 0.2) is 59.0 Å². The van der Waals surface area contributed by atoms with Crippen LogP contribution in [-0.4, -0.2) is 22.1 Å². The van der Waals surface area contributed by atoms with Crippen LogP contribution in [0.5, 0.6) is 0 Å². The second-order valence-corrected chi connectivity index (χ2v) is 5.40. The highest BCUT2D eigenvalue weighted by atomic mass is 16.5. The van der Waals surface area contributed by atoms with E-state index in [1.807, 2.05) is 30.3 Å². The number of nitrogens with zero attached hydrogens (tertiary/aromatic N) is 3. The number of rotatable bonds is 6. The molecule has 0 aliphatic rings. The molecule has 1 amide bonds. The summed E-state index contributed by atoms with van der Waals surface area (Å²) in [6, 6.07) is 17.1. The fraction of sp³-hybridized carbons (Fsp3) is 0.105. The van der Waals surface area contributed by atoms with Crippen molar-refractivity contribution in [3.8, 4) is 17.5 Å². The second-order valence-electron chi connectivity index (χ2n) is 5.40. The summed E-state index contributed by atoms with van der Waals surface area (Å²) in [5.41, 5.74) is 1.56. The van der Waals surface area contributed by atoms with Gasteiger partial charge < -0.3 is 14.5 Å². The van der Waals surface area contributed by atoms with Crippen LogP contribution in [0, 0.1) is 11.3 Å². The molecule has 0 spiro atoms. The van der Waals surface area contributed by atoms with E-state index in [-0.39, 0.29) is 18.9 Å². The number of ether oxygens (including phenoxy) is 1. The van der Waals surface area contributed by atoms with E-state index in [9.17, 15) is 9.59 Å². The standard InChI is InChI=1S/C19H14N4O4/c20-11-10-16(24)21-15-8-6-14(7-9-15)19(25)26-12-17-22-23-18(27-17)13-4-2-1-3-5-13/h1-9H,10,12H2,(H,21,24). The number of anilines is 1. The first-order chi connectivity index (χ1) is 13.2. The Morgan fingerprint density at radius 1 is 1.07 bits per heavy atom. The molecule has 0 saturated heterocycles. The Bertz CT molecular complexity index is 975. The van der Waals surface area contributed by atoms with Gasteiger partial charge in [0.15, 0.2) is 6.61 Å². The van der Waals surface area contributed by atoms with Crippen LogP contribution in [0.2, 0.25) is 0 Å². The number of nitriles is 1. The van der Waals surface area contributed by atoms with Gasteiger partial charge in [0.1, 0.15) is 6.42 Å².